The Balaban J connectivity index is 0.000000218. The van der Waals surface area contributed by atoms with Gasteiger partial charge in [-0.1, -0.05) is 108 Å². The number of pyridine rings is 2. The molecule has 0 bridgehead atoms. The summed E-state index contributed by atoms with van der Waals surface area (Å²) in [6.07, 6.45) is 13.3. The second-order valence-corrected chi connectivity index (χ2v) is 20.7. The van der Waals surface area contributed by atoms with Crippen LogP contribution in [0.4, 0.5) is 4.79 Å². The molecule has 4 aromatic carbocycles. The topological polar surface area (TPSA) is 113 Å². The van der Waals surface area contributed by atoms with Crippen LogP contribution in [0.25, 0.3) is 28.6 Å². The number of thioether (sulfide) groups is 1. The third kappa shape index (κ3) is 13.7. The van der Waals surface area contributed by atoms with Crippen molar-refractivity contribution in [1.29, 1.82) is 0 Å². The molecular weight excluding hydrogens is 933 g/mol. The van der Waals surface area contributed by atoms with Gasteiger partial charge in [0.15, 0.2) is 0 Å². The predicted octanol–water partition coefficient (Wildman–Crippen LogP) is 13.5. The molecule has 2 aromatic heterocycles. The molecular formula is C57H59Cl2N3NaO5S. The second-order valence-electron chi connectivity index (χ2n) is 18.7. The molecule has 1 saturated heterocycles. The van der Waals surface area contributed by atoms with Gasteiger partial charge in [-0.25, -0.2) is 9.78 Å². The van der Waals surface area contributed by atoms with Gasteiger partial charge in [0.25, 0.3) is 0 Å². The molecule has 2 fully saturated rings. The average molecular weight is 992 g/mol. The number of carboxylic acid groups (broad SMARTS) is 1. The monoisotopic (exact) mass is 990 g/mol. The number of fused-ring (bicyclic) bond motifs is 3. The number of halogens is 2. The van der Waals surface area contributed by atoms with Gasteiger partial charge in [0.05, 0.1) is 35.5 Å². The molecule has 2 aliphatic carbocycles. The molecule has 1 saturated carbocycles. The molecule has 1 radical (unpaired) electrons. The minimum atomic E-state index is -0.911. The third-order valence-electron chi connectivity index (χ3n) is 13.2. The zero-order chi connectivity index (χ0) is 47.8. The van der Waals surface area contributed by atoms with E-state index in [-0.39, 0.29) is 52.7 Å². The molecule has 1 atom stereocenters. The SMILES string of the molecule is CC(C)(O)c1ccccc1CC[C@@H](SCC1(CC(=O)O)CC1)c1cccc(/C=C/c2ccc3ccc(Cl)cc3n2)c1.CCOC(=O)N1CCC(=C2c3ccc(Cl)cc3CCc3cccnc32)CC1.[Na]. The Hall–Kier alpha value is -4.45. The van der Waals surface area contributed by atoms with Crippen molar-refractivity contribution in [3.05, 3.63) is 181 Å². The summed E-state index contributed by atoms with van der Waals surface area (Å²) in [6, 6.07) is 36.8. The normalized spacial score (nSPS) is 15.5. The summed E-state index contributed by atoms with van der Waals surface area (Å²) in [4.78, 5) is 34.8. The van der Waals surface area contributed by atoms with E-state index in [0.29, 0.717) is 24.7 Å². The van der Waals surface area contributed by atoms with Gasteiger partial charge in [-0.15, -0.1) is 0 Å². The van der Waals surface area contributed by atoms with E-state index in [1.807, 2.05) is 99.4 Å². The van der Waals surface area contributed by atoms with E-state index >= 15 is 0 Å². The number of carboxylic acids is 1. The van der Waals surface area contributed by atoms with Crippen LogP contribution >= 0.6 is 35.0 Å². The van der Waals surface area contributed by atoms with Crippen molar-refractivity contribution in [2.45, 2.75) is 89.4 Å². The number of ether oxygens (including phenoxy) is 1. The van der Waals surface area contributed by atoms with Crippen molar-refractivity contribution in [3.8, 4) is 0 Å². The van der Waals surface area contributed by atoms with Gasteiger partial charge in [-0.3, -0.25) is 9.78 Å². The Bertz CT molecular complexity index is 2850. The Morgan fingerprint density at radius 3 is 2.36 bits per heavy atom. The zero-order valence-corrected chi connectivity index (χ0v) is 44.3. The number of nitrogens with zero attached hydrogens (tertiary/aromatic N) is 3. The first-order valence-corrected chi connectivity index (χ1v) is 25.4. The summed E-state index contributed by atoms with van der Waals surface area (Å²) in [5, 5.41) is 22.9. The number of hydrogen-bond donors (Lipinski definition) is 2. The van der Waals surface area contributed by atoms with Crippen molar-refractivity contribution < 1.29 is 24.5 Å². The first-order chi connectivity index (χ1) is 32.8. The van der Waals surface area contributed by atoms with E-state index in [1.165, 1.54) is 33.4 Å². The molecule has 3 aliphatic rings. The maximum absolute atomic E-state index is 12.0. The quantitative estimate of drug-likeness (QED) is 0.110. The number of aryl methyl sites for hydroxylation is 3. The third-order valence-corrected chi connectivity index (χ3v) is 15.4. The van der Waals surface area contributed by atoms with Crippen LogP contribution in [0.15, 0.2) is 121 Å². The zero-order valence-electron chi connectivity index (χ0n) is 40.0. The Labute approximate surface area is 442 Å². The van der Waals surface area contributed by atoms with Crippen LogP contribution in [0.2, 0.25) is 10.0 Å². The number of carbonyl (C=O) groups excluding carboxylic acids is 1. The molecule has 12 heteroatoms. The largest absolute Gasteiger partial charge is 0.481 e. The number of carbonyl (C=O) groups is 2. The van der Waals surface area contributed by atoms with Gasteiger partial charge in [-0.2, -0.15) is 11.8 Å². The van der Waals surface area contributed by atoms with Gasteiger partial charge in [0.2, 0.25) is 0 Å². The van der Waals surface area contributed by atoms with Crippen LogP contribution in [0.1, 0.15) is 115 Å². The van der Waals surface area contributed by atoms with Gasteiger partial charge >= 0.3 is 12.1 Å². The van der Waals surface area contributed by atoms with Crippen LogP contribution < -0.4 is 0 Å². The Morgan fingerprint density at radius 1 is 0.870 bits per heavy atom. The smallest absolute Gasteiger partial charge is 0.409 e. The first-order valence-electron chi connectivity index (χ1n) is 23.6. The number of amides is 1. The molecule has 0 spiro atoms. The summed E-state index contributed by atoms with van der Waals surface area (Å²) in [5.41, 5.74) is 12.6. The maximum Gasteiger partial charge on any atom is 0.409 e. The average Bonchev–Trinajstić information content (AvgIpc) is 4.12. The fraction of sp³-hybridized carbons (Fsp3) is 0.333. The van der Waals surface area contributed by atoms with Crippen LogP contribution in [0, 0.1) is 5.41 Å². The molecule has 2 N–H and O–H groups in total. The molecule has 3 heterocycles. The van der Waals surface area contributed by atoms with Crippen molar-refractivity contribution in [1.82, 2.24) is 14.9 Å². The second kappa shape index (κ2) is 23.6. The van der Waals surface area contributed by atoms with E-state index < -0.39 is 11.6 Å². The fourth-order valence-electron chi connectivity index (χ4n) is 9.42. The maximum atomic E-state index is 12.0. The summed E-state index contributed by atoms with van der Waals surface area (Å²) in [6.45, 7) is 7.27. The molecule has 8 nitrogen and oxygen atoms in total. The van der Waals surface area contributed by atoms with Crippen molar-refractivity contribution in [2.75, 3.05) is 25.4 Å². The molecule has 9 rings (SSSR count). The minimum absolute atomic E-state index is 0. The number of hydrogen-bond acceptors (Lipinski definition) is 7. The number of aliphatic carboxylic acids is 1. The molecule has 1 amide bonds. The van der Waals surface area contributed by atoms with Crippen molar-refractivity contribution >= 4 is 105 Å². The van der Waals surface area contributed by atoms with Gasteiger partial charge in [0, 0.05) is 80.9 Å². The molecule has 0 unspecified atom stereocenters. The van der Waals surface area contributed by atoms with Crippen molar-refractivity contribution in [2.24, 2.45) is 5.41 Å². The Morgan fingerprint density at radius 2 is 1.61 bits per heavy atom. The van der Waals surface area contributed by atoms with Crippen LogP contribution in [0.5, 0.6) is 0 Å². The van der Waals surface area contributed by atoms with Crippen LogP contribution in [-0.4, -0.2) is 92.2 Å². The summed E-state index contributed by atoms with van der Waals surface area (Å²) < 4.78 is 5.15. The number of aromatic nitrogens is 2. The van der Waals surface area contributed by atoms with Crippen molar-refractivity contribution in [3.63, 3.8) is 0 Å². The number of rotatable bonds is 13. The number of aliphatic hydroxyl groups is 1. The van der Waals surface area contributed by atoms with E-state index in [2.05, 4.69) is 60.7 Å². The van der Waals surface area contributed by atoms with E-state index in [9.17, 15) is 19.8 Å². The minimum Gasteiger partial charge on any atom is -0.481 e. The van der Waals surface area contributed by atoms with Gasteiger partial charge in [0.1, 0.15) is 0 Å². The first kappa shape index (κ1) is 52.4. The Kier molecular flexibility index (Phi) is 17.9. The fourth-order valence-corrected chi connectivity index (χ4v) is 11.3. The summed E-state index contributed by atoms with van der Waals surface area (Å²) >= 11 is 14.3. The van der Waals surface area contributed by atoms with E-state index in [1.54, 1.807) is 4.90 Å². The predicted molar refractivity (Wildman–Crippen MR) is 284 cm³/mol. The van der Waals surface area contributed by atoms with Gasteiger partial charge < -0.3 is 19.8 Å². The van der Waals surface area contributed by atoms with Crippen LogP contribution in [-0.2, 0) is 34.4 Å². The standard InChI is InChI=1S/C35H36ClNO3S.C22H23ClN2O2.Na/c1-34(2,40)30-9-4-3-7-25(30)13-17-32(41-23-35(18-19-35)22-33(38)39)27-8-5-6-24(20-27)10-15-29-16-12-26-11-14-28(36)21-31(26)37-29;1-2-27-22(26)25-12-9-15(10-13-25)20-19-8-7-18(23)14-17(19)6-5-16-4-3-11-24-21(16)20;/h3-12,14-16,20-21,32,40H,13,17-19,22-23H2,1-2H3,(H,38,39);3-4,7-8,11,14H,2,5-6,9-10,12-13H2,1H3;/b15-10+;;/t32-;;/m1../s1. The number of benzene rings is 4. The molecule has 353 valence electrons. The summed E-state index contributed by atoms with van der Waals surface area (Å²) in [5.74, 6) is 0.122. The molecule has 1 aliphatic heterocycles. The summed E-state index contributed by atoms with van der Waals surface area (Å²) in [7, 11) is 0. The molecule has 69 heavy (non-hydrogen) atoms. The number of likely N-dealkylation sites (tertiary alicyclic amines) is 1. The van der Waals surface area contributed by atoms with Gasteiger partial charge in [-0.05, 0) is 159 Å². The number of piperidine rings is 1. The molecule has 6 aromatic rings. The van der Waals surface area contributed by atoms with E-state index in [0.717, 1.165) is 101 Å². The van der Waals surface area contributed by atoms with Crippen LogP contribution in [0.3, 0.4) is 0 Å². The van der Waals surface area contributed by atoms with E-state index in [4.69, 9.17) is 37.9 Å².